The summed E-state index contributed by atoms with van der Waals surface area (Å²) in [5, 5.41) is 4.95. The fourth-order valence-electron chi connectivity index (χ4n) is 2.55. The normalized spacial score (nSPS) is 22.4. The van der Waals surface area contributed by atoms with Crippen molar-refractivity contribution in [3.63, 3.8) is 0 Å². The lowest BCUT2D eigenvalue weighted by Crippen LogP contribution is -2.27. The van der Waals surface area contributed by atoms with Gasteiger partial charge in [-0.2, -0.15) is 11.8 Å². The summed E-state index contributed by atoms with van der Waals surface area (Å²) in [6, 6.07) is 6.19. The first kappa shape index (κ1) is 14.9. The summed E-state index contributed by atoms with van der Waals surface area (Å²) in [7, 11) is 0. The first-order chi connectivity index (χ1) is 9.11. The van der Waals surface area contributed by atoms with Crippen LogP contribution < -0.4 is 11.1 Å². The van der Waals surface area contributed by atoms with E-state index in [-0.39, 0.29) is 0 Å². The molecule has 1 aromatic rings. The summed E-state index contributed by atoms with van der Waals surface area (Å²) in [5.41, 5.74) is 7.63. The highest BCUT2D eigenvalue weighted by Crippen LogP contribution is 2.33. The average Bonchev–Trinajstić information content (AvgIpc) is 2.79. The fraction of sp³-hybridized carbons (Fsp3) is 0.500. The Labute approximate surface area is 129 Å². The molecule has 104 valence electrons. The lowest BCUT2D eigenvalue weighted by Gasteiger charge is -2.23. The highest BCUT2D eigenvalue weighted by atomic mass is 35.5. The van der Waals surface area contributed by atoms with E-state index in [0.29, 0.717) is 21.3 Å². The van der Waals surface area contributed by atoms with Crippen LogP contribution in [-0.2, 0) is 0 Å². The lowest BCUT2D eigenvalue weighted by molar-refractivity contribution is 0.767. The van der Waals surface area contributed by atoms with E-state index >= 15 is 0 Å². The van der Waals surface area contributed by atoms with Gasteiger partial charge in [0.15, 0.2) is 0 Å². The maximum absolute atomic E-state index is 6.01. The molecular weight excluding hydrogens is 296 g/mol. The van der Waals surface area contributed by atoms with Crippen molar-refractivity contribution in [2.75, 3.05) is 11.1 Å². The van der Waals surface area contributed by atoms with Gasteiger partial charge in [-0.1, -0.05) is 37.2 Å². The van der Waals surface area contributed by atoms with Gasteiger partial charge < -0.3 is 11.1 Å². The van der Waals surface area contributed by atoms with Crippen LogP contribution in [0, 0.1) is 0 Å². The summed E-state index contributed by atoms with van der Waals surface area (Å²) in [4.78, 5) is 0.391. The van der Waals surface area contributed by atoms with E-state index in [4.69, 9.17) is 29.6 Å². The number of hydrogen-bond acceptors (Lipinski definition) is 3. The maximum atomic E-state index is 6.01. The molecule has 1 saturated carbocycles. The molecule has 1 fully saturated rings. The summed E-state index contributed by atoms with van der Waals surface area (Å²) in [6.45, 7) is 2.21. The largest absolute Gasteiger partial charge is 0.389 e. The van der Waals surface area contributed by atoms with Crippen LogP contribution in [0.2, 0.25) is 5.02 Å². The van der Waals surface area contributed by atoms with Gasteiger partial charge in [-0.15, -0.1) is 0 Å². The Kier molecular flexibility index (Phi) is 5.37. The van der Waals surface area contributed by atoms with Crippen LogP contribution in [-0.4, -0.2) is 22.0 Å². The van der Waals surface area contributed by atoms with Crippen molar-refractivity contribution >= 4 is 46.3 Å². The van der Waals surface area contributed by atoms with Crippen molar-refractivity contribution in [2.45, 2.75) is 37.5 Å². The SMILES string of the molecule is CCSC1CCCC1Nc1ccc(Cl)cc1C(N)=S. The summed E-state index contributed by atoms with van der Waals surface area (Å²) >= 11 is 13.1. The van der Waals surface area contributed by atoms with E-state index in [9.17, 15) is 0 Å². The van der Waals surface area contributed by atoms with Gasteiger partial charge in [0.05, 0.1) is 0 Å². The van der Waals surface area contributed by atoms with Gasteiger partial charge in [0.25, 0.3) is 0 Å². The van der Waals surface area contributed by atoms with E-state index in [1.807, 2.05) is 30.0 Å². The van der Waals surface area contributed by atoms with E-state index in [0.717, 1.165) is 17.0 Å². The summed E-state index contributed by atoms with van der Waals surface area (Å²) in [6.07, 6.45) is 3.77. The van der Waals surface area contributed by atoms with Gasteiger partial charge >= 0.3 is 0 Å². The third-order valence-electron chi connectivity index (χ3n) is 3.42. The number of halogens is 1. The fourth-order valence-corrected chi connectivity index (χ4v) is 4.09. The zero-order valence-electron chi connectivity index (χ0n) is 11.0. The van der Waals surface area contributed by atoms with Crippen molar-refractivity contribution < 1.29 is 0 Å². The molecule has 0 heterocycles. The number of anilines is 1. The minimum absolute atomic E-state index is 0.391. The number of thioether (sulfide) groups is 1. The molecule has 1 aliphatic rings. The standard InChI is InChI=1S/C14H19ClN2S2/c1-2-19-13-5-3-4-12(13)17-11-7-6-9(15)8-10(11)14(16)18/h6-8,12-13,17H,2-5H2,1H3,(H2,16,18). The molecule has 0 aliphatic heterocycles. The maximum Gasteiger partial charge on any atom is 0.106 e. The molecule has 0 radical (unpaired) electrons. The molecule has 1 aromatic carbocycles. The van der Waals surface area contributed by atoms with Crippen molar-refractivity contribution in [1.82, 2.24) is 0 Å². The molecule has 2 atom stereocenters. The van der Waals surface area contributed by atoms with Crippen LogP contribution in [0.25, 0.3) is 0 Å². The smallest absolute Gasteiger partial charge is 0.106 e. The van der Waals surface area contributed by atoms with Gasteiger partial charge in [0, 0.05) is 27.6 Å². The molecule has 2 nitrogen and oxygen atoms in total. The number of nitrogens with two attached hydrogens (primary N) is 1. The zero-order chi connectivity index (χ0) is 13.8. The monoisotopic (exact) mass is 314 g/mol. The van der Waals surface area contributed by atoms with Crippen LogP contribution in [0.4, 0.5) is 5.69 Å². The quantitative estimate of drug-likeness (QED) is 0.804. The van der Waals surface area contributed by atoms with Crippen molar-refractivity contribution in [3.8, 4) is 0 Å². The zero-order valence-corrected chi connectivity index (χ0v) is 13.4. The van der Waals surface area contributed by atoms with Crippen LogP contribution >= 0.6 is 35.6 Å². The molecular formula is C14H19ClN2S2. The van der Waals surface area contributed by atoms with Crippen molar-refractivity contribution in [2.24, 2.45) is 5.73 Å². The molecule has 0 aromatic heterocycles. The van der Waals surface area contributed by atoms with Crippen molar-refractivity contribution in [3.05, 3.63) is 28.8 Å². The molecule has 2 rings (SSSR count). The molecule has 2 unspecified atom stereocenters. The van der Waals surface area contributed by atoms with Crippen LogP contribution in [0.1, 0.15) is 31.7 Å². The number of hydrogen-bond donors (Lipinski definition) is 2. The van der Waals surface area contributed by atoms with Gasteiger partial charge in [-0.3, -0.25) is 0 Å². The highest BCUT2D eigenvalue weighted by Gasteiger charge is 2.27. The first-order valence-corrected chi connectivity index (χ1v) is 8.42. The number of thiocarbonyl (C=S) groups is 1. The Balaban J connectivity index is 2.16. The minimum Gasteiger partial charge on any atom is -0.389 e. The number of benzene rings is 1. The lowest BCUT2D eigenvalue weighted by atomic mass is 10.1. The Morgan fingerprint density at radius 1 is 1.53 bits per heavy atom. The summed E-state index contributed by atoms with van der Waals surface area (Å²) < 4.78 is 0. The molecule has 1 aliphatic carbocycles. The predicted octanol–water partition coefficient (Wildman–Crippen LogP) is 4.06. The second kappa shape index (κ2) is 6.82. The molecule has 0 saturated heterocycles. The van der Waals surface area contributed by atoms with Gasteiger partial charge in [0.1, 0.15) is 4.99 Å². The van der Waals surface area contributed by atoms with Crippen LogP contribution in [0.3, 0.4) is 0 Å². The van der Waals surface area contributed by atoms with Gasteiger partial charge in [-0.05, 0) is 36.8 Å². The van der Waals surface area contributed by atoms with E-state index in [1.165, 1.54) is 19.3 Å². The minimum atomic E-state index is 0.391. The second-order valence-corrected chi connectivity index (χ2v) is 7.12. The number of rotatable bonds is 5. The van der Waals surface area contributed by atoms with Crippen molar-refractivity contribution in [1.29, 1.82) is 0 Å². The number of nitrogens with one attached hydrogen (secondary N) is 1. The molecule has 0 amide bonds. The molecule has 5 heteroatoms. The van der Waals surface area contributed by atoms with Gasteiger partial charge in [-0.25, -0.2) is 0 Å². The van der Waals surface area contributed by atoms with E-state index in [2.05, 4.69) is 12.2 Å². The van der Waals surface area contributed by atoms with E-state index < -0.39 is 0 Å². The summed E-state index contributed by atoms with van der Waals surface area (Å²) in [5.74, 6) is 1.16. The Morgan fingerprint density at radius 3 is 3.00 bits per heavy atom. The van der Waals surface area contributed by atoms with Crippen LogP contribution in [0.15, 0.2) is 18.2 Å². The predicted molar refractivity (Wildman–Crippen MR) is 90.5 cm³/mol. The Bertz CT molecular complexity index is 465. The average molecular weight is 315 g/mol. The highest BCUT2D eigenvalue weighted by molar-refractivity contribution is 7.99. The Hall–Kier alpha value is -0.450. The van der Waals surface area contributed by atoms with Crippen LogP contribution in [0.5, 0.6) is 0 Å². The first-order valence-electron chi connectivity index (χ1n) is 6.59. The Morgan fingerprint density at radius 2 is 2.32 bits per heavy atom. The van der Waals surface area contributed by atoms with Gasteiger partial charge in [0.2, 0.25) is 0 Å². The molecule has 19 heavy (non-hydrogen) atoms. The van der Waals surface area contributed by atoms with E-state index in [1.54, 1.807) is 0 Å². The third-order valence-corrected chi connectivity index (χ3v) is 5.20. The molecule has 0 spiro atoms. The topological polar surface area (TPSA) is 38.0 Å². The second-order valence-electron chi connectivity index (χ2n) is 4.73. The molecule has 3 N–H and O–H groups in total. The molecule has 0 bridgehead atoms. The third kappa shape index (κ3) is 3.77.